The first-order valence-electron chi connectivity index (χ1n) is 6.20. The van der Waals surface area contributed by atoms with Gasteiger partial charge in [0, 0.05) is 13.1 Å². The van der Waals surface area contributed by atoms with E-state index in [1.165, 1.54) is 25.7 Å². The van der Waals surface area contributed by atoms with E-state index in [1.807, 2.05) is 0 Å². The Morgan fingerprint density at radius 1 is 1.27 bits per heavy atom. The van der Waals surface area contributed by atoms with Gasteiger partial charge in [0.25, 0.3) is 0 Å². The third-order valence-corrected chi connectivity index (χ3v) is 3.10. The minimum atomic E-state index is 0.129. The summed E-state index contributed by atoms with van der Waals surface area (Å²) >= 11 is 0. The number of hydrogen-bond acceptors (Lipinski definition) is 2. The van der Waals surface area contributed by atoms with Gasteiger partial charge in [-0.3, -0.25) is 4.79 Å². The molecule has 1 rings (SSSR count). The van der Waals surface area contributed by atoms with Gasteiger partial charge >= 0.3 is 0 Å². The molecule has 1 aliphatic carbocycles. The zero-order valence-corrected chi connectivity index (χ0v) is 10.1. The molecular weight excluding hydrogens is 188 g/mol. The van der Waals surface area contributed by atoms with Gasteiger partial charge in [0.1, 0.15) is 0 Å². The van der Waals surface area contributed by atoms with E-state index in [2.05, 4.69) is 24.5 Å². The summed E-state index contributed by atoms with van der Waals surface area (Å²) in [5.74, 6) is 0.129. The van der Waals surface area contributed by atoms with Crippen LogP contribution in [-0.2, 0) is 4.79 Å². The highest BCUT2D eigenvalue weighted by atomic mass is 16.1. The minimum absolute atomic E-state index is 0.129. The van der Waals surface area contributed by atoms with E-state index in [9.17, 15) is 4.79 Å². The number of carbonyl (C=O) groups excluding carboxylic acids is 1. The predicted octanol–water partition coefficient (Wildman–Crippen LogP) is 1.68. The molecular formula is C12H24N2O. The molecule has 0 aromatic rings. The Hall–Kier alpha value is -0.570. The SMILES string of the molecule is CCCNC(=O)CNCC1(CCC)CC1. The first-order valence-corrected chi connectivity index (χ1v) is 6.20. The Morgan fingerprint density at radius 2 is 2.00 bits per heavy atom. The molecule has 0 spiro atoms. The van der Waals surface area contributed by atoms with Gasteiger partial charge in [0.2, 0.25) is 5.91 Å². The summed E-state index contributed by atoms with van der Waals surface area (Å²) < 4.78 is 0. The summed E-state index contributed by atoms with van der Waals surface area (Å²) in [4.78, 5) is 11.3. The van der Waals surface area contributed by atoms with Crippen LogP contribution in [0, 0.1) is 5.41 Å². The monoisotopic (exact) mass is 212 g/mol. The molecule has 0 aliphatic heterocycles. The predicted molar refractivity (Wildman–Crippen MR) is 62.7 cm³/mol. The third-order valence-electron chi connectivity index (χ3n) is 3.10. The first kappa shape index (κ1) is 12.5. The van der Waals surface area contributed by atoms with Gasteiger partial charge in [-0.05, 0) is 31.1 Å². The molecule has 2 N–H and O–H groups in total. The van der Waals surface area contributed by atoms with Gasteiger partial charge in [-0.1, -0.05) is 20.3 Å². The Morgan fingerprint density at radius 3 is 2.53 bits per heavy atom. The zero-order chi connectivity index (χ0) is 11.1. The highest BCUT2D eigenvalue weighted by Gasteiger charge is 2.40. The summed E-state index contributed by atoms with van der Waals surface area (Å²) in [7, 11) is 0. The largest absolute Gasteiger partial charge is 0.355 e. The van der Waals surface area contributed by atoms with Crippen LogP contribution >= 0.6 is 0 Å². The fraction of sp³-hybridized carbons (Fsp3) is 0.917. The van der Waals surface area contributed by atoms with Crippen molar-refractivity contribution in [1.29, 1.82) is 0 Å². The first-order chi connectivity index (χ1) is 7.22. The maximum Gasteiger partial charge on any atom is 0.233 e. The molecule has 15 heavy (non-hydrogen) atoms. The lowest BCUT2D eigenvalue weighted by molar-refractivity contribution is -0.120. The van der Waals surface area contributed by atoms with Crippen LogP contribution in [0.5, 0.6) is 0 Å². The van der Waals surface area contributed by atoms with Crippen LogP contribution in [0.4, 0.5) is 0 Å². The molecule has 0 bridgehead atoms. The molecule has 0 unspecified atom stereocenters. The van der Waals surface area contributed by atoms with Crippen molar-refractivity contribution in [2.75, 3.05) is 19.6 Å². The summed E-state index contributed by atoms with van der Waals surface area (Å²) in [5, 5.41) is 6.14. The van der Waals surface area contributed by atoms with Crippen LogP contribution in [0.3, 0.4) is 0 Å². The zero-order valence-electron chi connectivity index (χ0n) is 10.1. The van der Waals surface area contributed by atoms with Crippen LogP contribution < -0.4 is 10.6 Å². The molecule has 1 saturated carbocycles. The lowest BCUT2D eigenvalue weighted by Crippen LogP contribution is -2.36. The average molecular weight is 212 g/mol. The molecule has 0 aromatic heterocycles. The number of amides is 1. The highest BCUT2D eigenvalue weighted by Crippen LogP contribution is 2.48. The molecule has 0 aromatic carbocycles. The van der Waals surface area contributed by atoms with Crippen molar-refractivity contribution in [1.82, 2.24) is 10.6 Å². The Balaban J connectivity index is 2.03. The highest BCUT2D eigenvalue weighted by molar-refractivity contribution is 5.77. The lowest BCUT2D eigenvalue weighted by Gasteiger charge is -2.14. The summed E-state index contributed by atoms with van der Waals surface area (Å²) in [6.45, 7) is 6.58. The maximum atomic E-state index is 11.3. The van der Waals surface area contributed by atoms with Crippen LogP contribution in [0.1, 0.15) is 46.0 Å². The molecule has 3 heteroatoms. The van der Waals surface area contributed by atoms with Crippen molar-refractivity contribution in [2.45, 2.75) is 46.0 Å². The van der Waals surface area contributed by atoms with Gasteiger partial charge in [-0.15, -0.1) is 0 Å². The van der Waals surface area contributed by atoms with Crippen LogP contribution in [0.2, 0.25) is 0 Å². The molecule has 1 aliphatic rings. The molecule has 0 heterocycles. The van der Waals surface area contributed by atoms with Gasteiger partial charge in [0.05, 0.1) is 6.54 Å². The molecule has 0 saturated heterocycles. The maximum absolute atomic E-state index is 11.3. The number of nitrogens with one attached hydrogen (secondary N) is 2. The minimum Gasteiger partial charge on any atom is -0.355 e. The summed E-state index contributed by atoms with van der Waals surface area (Å²) in [6.07, 6.45) is 6.24. The van der Waals surface area contributed by atoms with Crippen molar-refractivity contribution >= 4 is 5.91 Å². The average Bonchev–Trinajstić information content (AvgIpc) is 2.96. The normalized spacial score (nSPS) is 17.5. The molecule has 0 atom stereocenters. The Kier molecular flexibility index (Phi) is 5.09. The fourth-order valence-corrected chi connectivity index (χ4v) is 1.99. The smallest absolute Gasteiger partial charge is 0.233 e. The third kappa shape index (κ3) is 4.65. The van der Waals surface area contributed by atoms with E-state index in [4.69, 9.17) is 0 Å². The van der Waals surface area contributed by atoms with Crippen LogP contribution in [-0.4, -0.2) is 25.5 Å². The Labute approximate surface area is 93.0 Å². The van der Waals surface area contributed by atoms with E-state index < -0.39 is 0 Å². The van der Waals surface area contributed by atoms with Crippen molar-refractivity contribution < 1.29 is 4.79 Å². The van der Waals surface area contributed by atoms with Crippen LogP contribution in [0.15, 0.2) is 0 Å². The lowest BCUT2D eigenvalue weighted by atomic mass is 10.0. The second kappa shape index (κ2) is 6.11. The number of carbonyl (C=O) groups is 1. The van der Waals surface area contributed by atoms with E-state index >= 15 is 0 Å². The van der Waals surface area contributed by atoms with Gasteiger partial charge < -0.3 is 10.6 Å². The second-order valence-electron chi connectivity index (χ2n) is 4.70. The number of rotatable bonds is 8. The molecule has 1 fully saturated rings. The summed E-state index contributed by atoms with van der Waals surface area (Å²) in [6, 6.07) is 0. The molecule has 1 amide bonds. The van der Waals surface area contributed by atoms with E-state index in [0.29, 0.717) is 12.0 Å². The van der Waals surface area contributed by atoms with Gasteiger partial charge in [-0.2, -0.15) is 0 Å². The van der Waals surface area contributed by atoms with Crippen molar-refractivity contribution in [3.05, 3.63) is 0 Å². The van der Waals surface area contributed by atoms with Crippen LogP contribution in [0.25, 0.3) is 0 Å². The molecule has 0 radical (unpaired) electrons. The van der Waals surface area contributed by atoms with E-state index in [1.54, 1.807) is 0 Å². The second-order valence-corrected chi connectivity index (χ2v) is 4.70. The van der Waals surface area contributed by atoms with Crippen molar-refractivity contribution in [3.63, 3.8) is 0 Å². The standard InChI is InChI=1S/C12H24N2O/c1-3-5-12(6-7-12)10-13-9-11(15)14-8-4-2/h13H,3-10H2,1-2H3,(H,14,15). The van der Waals surface area contributed by atoms with E-state index in [0.717, 1.165) is 19.5 Å². The van der Waals surface area contributed by atoms with Gasteiger partial charge in [-0.25, -0.2) is 0 Å². The molecule has 88 valence electrons. The van der Waals surface area contributed by atoms with Gasteiger partial charge in [0.15, 0.2) is 0 Å². The Bertz CT molecular complexity index is 200. The fourth-order valence-electron chi connectivity index (χ4n) is 1.99. The topological polar surface area (TPSA) is 41.1 Å². The quantitative estimate of drug-likeness (QED) is 0.643. The molecule has 3 nitrogen and oxygen atoms in total. The van der Waals surface area contributed by atoms with Crippen molar-refractivity contribution in [3.8, 4) is 0 Å². The van der Waals surface area contributed by atoms with E-state index in [-0.39, 0.29) is 5.91 Å². The summed E-state index contributed by atoms with van der Waals surface area (Å²) in [5.41, 5.74) is 0.541. The van der Waals surface area contributed by atoms with Crippen molar-refractivity contribution in [2.24, 2.45) is 5.41 Å². The number of hydrogen-bond donors (Lipinski definition) is 2.